The van der Waals surface area contributed by atoms with Crippen LogP contribution in [0.15, 0.2) is 48.5 Å². The number of halogens is 1. The van der Waals surface area contributed by atoms with Gasteiger partial charge in [0.05, 0.1) is 10.1 Å². The Hall–Kier alpha value is -1.99. The summed E-state index contributed by atoms with van der Waals surface area (Å²) < 4.78 is 18.9. The second kappa shape index (κ2) is 9.09. The Morgan fingerprint density at radius 3 is 2.46 bits per heavy atom. The minimum atomic E-state index is -0.552. The van der Waals surface area contributed by atoms with Crippen molar-refractivity contribution in [3.8, 4) is 0 Å². The summed E-state index contributed by atoms with van der Waals surface area (Å²) in [5, 5.41) is 2.53. The maximum atomic E-state index is 13.5. The van der Waals surface area contributed by atoms with Crippen LogP contribution in [-0.4, -0.2) is 30.0 Å². The van der Waals surface area contributed by atoms with E-state index in [9.17, 15) is 14.0 Å². The fourth-order valence-corrected chi connectivity index (χ4v) is 5.29. The van der Waals surface area contributed by atoms with Crippen LogP contribution >= 0.6 is 23.5 Å². The highest BCUT2D eigenvalue weighted by Crippen LogP contribution is 2.45. The SMILES string of the molecule is O=C(COC(=O)c1ccc(C2SCCS2)cc1)NCc1ccccc1F. The minimum absolute atomic E-state index is 0.0501. The smallest absolute Gasteiger partial charge is 0.338 e. The van der Waals surface area contributed by atoms with Crippen LogP contribution in [0.1, 0.15) is 26.1 Å². The standard InChI is InChI=1S/C19H18FNO3S2/c20-16-4-2-1-3-15(16)11-21-17(22)12-24-18(23)13-5-7-14(8-6-13)19-25-9-10-26-19/h1-8,19H,9-12H2,(H,21,22). The lowest BCUT2D eigenvalue weighted by molar-refractivity contribution is -0.124. The Balaban J connectivity index is 1.45. The molecule has 2 aromatic rings. The van der Waals surface area contributed by atoms with Crippen molar-refractivity contribution in [1.29, 1.82) is 0 Å². The summed E-state index contributed by atoms with van der Waals surface area (Å²) in [6.45, 7) is -0.349. The molecule has 136 valence electrons. The quantitative estimate of drug-likeness (QED) is 0.760. The minimum Gasteiger partial charge on any atom is -0.452 e. The molecule has 4 nitrogen and oxygen atoms in total. The summed E-state index contributed by atoms with van der Waals surface area (Å²) in [5.41, 5.74) is 1.96. The molecule has 26 heavy (non-hydrogen) atoms. The number of benzene rings is 2. The number of rotatable bonds is 6. The fourth-order valence-electron chi connectivity index (χ4n) is 2.43. The van der Waals surface area contributed by atoms with Crippen molar-refractivity contribution < 1.29 is 18.7 Å². The summed E-state index contributed by atoms with van der Waals surface area (Å²) in [4.78, 5) is 23.8. The highest BCUT2D eigenvalue weighted by molar-refractivity contribution is 8.19. The number of hydrogen-bond donors (Lipinski definition) is 1. The Labute approximate surface area is 159 Å². The van der Waals surface area contributed by atoms with Crippen LogP contribution in [0.2, 0.25) is 0 Å². The first-order valence-corrected chi connectivity index (χ1v) is 10.2. The molecule has 0 aliphatic carbocycles. The van der Waals surface area contributed by atoms with E-state index in [1.165, 1.54) is 11.6 Å². The molecule has 1 fully saturated rings. The normalized spacial score (nSPS) is 14.2. The van der Waals surface area contributed by atoms with Crippen molar-refractivity contribution >= 4 is 35.4 Å². The van der Waals surface area contributed by atoms with E-state index >= 15 is 0 Å². The monoisotopic (exact) mass is 391 g/mol. The van der Waals surface area contributed by atoms with Gasteiger partial charge >= 0.3 is 5.97 Å². The molecule has 0 aromatic heterocycles. The zero-order valence-corrected chi connectivity index (χ0v) is 15.6. The van der Waals surface area contributed by atoms with Crippen LogP contribution in [0.5, 0.6) is 0 Å². The van der Waals surface area contributed by atoms with Crippen LogP contribution in [0.4, 0.5) is 4.39 Å². The lowest BCUT2D eigenvalue weighted by Gasteiger charge is -2.10. The van der Waals surface area contributed by atoms with Gasteiger partial charge in [0, 0.05) is 23.6 Å². The van der Waals surface area contributed by atoms with E-state index < -0.39 is 18.5 Å². The van der Waals surface area contributed by atoms with Gasteiger partial charge in [0.2, 0.25) is 0 Å². The number of hydrogen-bond acceptors (Lipinski definition) is 5. The molecular weight excluding hydrogens is 373 g/mol. The van der Waals surface area contributed by atoms with Crippen molar-refractivity contribution in [2.24, 2.45) is 0 Å². The Kier molecular flexibility index (Phi) is 6.57. The molecule has 1 amide bonds. The van der Waals surface area contributed by atoms with Crippen molar-refractivity contribution in [2.75, 3.05) is 18.1 Å². The van der Waals surface area contributed by atoms with Crippen LogP contribution < -0.4 is 5.32 Å². The number of nitrogens with one attached hydrogen (secondary N) is 1. The molecule has 1 heterocycles. The van der Waals surface area contributed by atoms with Gasteiger partial charge in [0.25, 0.3) is 5.91 Å². The van der Waals surface area contributed by atoms with E-state index in [2.05, 4.69) is 5.32 Å². The fraction of sp³-hybridized carbons (Fsp3) is 0.263. The van der Waals surface area contributed by atoms with Crippen molar-refractivity contribution in [2.45, 2.75) is 11.1 Å². The van der Waals surface area contributed by atoms with Gasteiger partial charge in [0.15, 0.2) is 6.61 Å². The predicted octanol–water partition coefficient (Wildman–Crippen LogP) is 3.78. The zero-order valence-electron chi connectivity index (χ0n) is 13.9. The van der Waals surface area contributed by atoms with Crippen LogP contribution in [0.3, 0.4) is 0 Å². The van der Waals surface area contributed by atoms with Gasteiger partial charge in [-0.05, 0) is 23.8 Å². The molecule has 1 saturated heterocycles. The number of carbonyl (C=O) groups is 2. The molecule has 0 saturated carbocycles. The summed E-state index contributed by atoms with van der Waals surface area (Å²) >= 11 is 3.79. The first-order chi connectivity index (χ1) is 12.6. The van der Waals surface area contributed by atoms with Crippen LogP contribution in [0.25, 0.3) is 0 Å². The molecule has 1 N–H and O–H groups in total. The maximum absolute atomic E-state index is 13.5. The summed E-state index contributed by atoms with van der Waals surface area (Å²) in [5.74, 6) is 0.868. The average Bonchev–Trinajstić information content (AvgIpc) is 3.20. The van der Waals surface area contributed by atoms with Crippen molar-refractivity contribution in [1.82, 2.24) is 5.32 Å². The largest absolute Gasteiger partial charge is 0.452 e. The van der Waals surface area contributed by atoms with Crippen LogP contribution in [0, 0.1) is 5.82 Å². The van der Waals surface area contributed by atoms with Gasteiger partial charge in [0.1, 0.15) is 5.82 Å². The summed E-state index contributed by atoms with van der Waals surface area (Å²) in [6, 6.07) is 13.5. The number of amides is 1. The highest BCUT2D eigenvalue weighted by atomic mass is 32.2. The third kappa shape index (κ3) is 5.02. The number of carbonyl (C=O) groups excluding carboxylic acids is 2. The van der Waals surface area contributed by atoms with E-state index in [0.717, 1.165) is 11.5 Å². The van der Waals surface area contributed by atoms with E-state index in [1.54, 1.807) is 30.3 Å². The first kappa shape index (κ1) is 18.8. The van der Waals surface area contributed by atoms with E-state index in [-0.39, 0.29) is 12.4 Å². The first-order valence-electron chi connectivity index (χ1n) is 8.14. The average molecular weight is 391 g/mol. The van der Waals surface area contributed by atoms with Crippen molar-refractivity contribution in [3.63, 3.8) is 0 Å². The van der Waals surface area contributed by atoms with E-state index in [1.807, 2.05) is 35.7 Å². The molecular formula is C19H18FNO3S2. The third-order valence-electron chi connectivity index (χ3n) is 3.81. The molecule has 0 spiro atoms. The molecule has 0 bridgehead atoms. The molecule has 7 heteroatoms. The number of thioether (sulfide) groups is 2. The number of ether oxygens (including phenoxy) is 1. The van der Waals surface area contributed by atoms with E-state index in [4.69, 9.17) is 4.74 Å². The van der Waals surface area contributed by atoms with E-state index in [0.29, 0.717) is 15.7 Å². The lowest BCUT2D eigenvalue weighted by Crippen LogP contribution is -2.28. The molecule has 1 aliphatic heterocycles. The van der Waals surface area contributed by atoms with Gasteiger partial charge in [-0.3, -0.25) is 4.79 Å². The Bertz CT molecular complexity index is 777. The second-order valence-corrected chi connectivity index (χ2v) is 8.36. The van der Waals surface area contributed by atoms with Crippen LogP contribution in [-0.2, 0) is 16.1 Å². The lowest BCUT2D eigenvalue weighted by atomic mass is 10.1. The van der Waals surface area contributed by atoms with Gasteiger partial charge in [-0.1, -0.05) is 30.3 Å². The molecule has 3 rings (SSSR count). The van der Waals surface area contributed by atoms with Gasteiger partial charge in [-0.15, -0.1) is 23.5 Å². The maximum Gasteiger partial charge on any atom is 0.338 e. The highest BCUT2D eigenvalue weighted by Gasteiger charge is 2.19. The summed E-state index contributed by atoms with van der Waals surface area (Å²) in [7, 11) is 0. The van der Waals surface area contributed by atoms with Gasteiger partial charge < -0.3 is 10.1 Å². The van der Waals surface area contributed by atoms with Crippen molar-refractivity contribution in [3.05, 3.63) is 71.0 Å². The number of esters is 1. The molecule has 1 aliphatic rings. The zero-order chi connectivity index (χ0) is 18.4. The predicted molar refractivity (Wildman–Crippen MR) is 103 cm³/mol. The van der Waals surface area contributed by atoms with Gasteiger partial charge in [-0.25, -0.2) is 9.18 Å². The third-order valence-corrected chi connectivity index (χ3v) is 6.91. The Morgan fingerprint density at radius 1 is 1.08 bits per heavy atom. The topological polar surface area (TPSA) is 55.4 Å². The van der Waals surface area contributed by atoms with Gasteiger partial charge in [-0.2, -0.15) is 0 Å². The molecule has 0 unspecified atom stereocenters. The summed E-state index contributed by atoms with van der Waals surface area (Å²) in [6.07, 6.45) is 0. The molecule has 2 aromatic carbocycles. The Morgan fingerprint density at radius 2 is 1.77 bits per heavy atom. The molecule has 0 atom stereocenters. The molecule has 0 radical (unpaired) electrons. The second-order valence-electron chi connectivity index (χ2n) is 5.64.